The Labute approximate surface area is 139 Å². The number of aromatic amines is 1. The average molecular weight is 327 g/mol. The SMILES string of the molecule is Cn1cc([C@@H]2CN(Cc3ccc(-c4ccn[nH]4)o3)C[C@H]2CO)cn1. The van der Waals surface area contributed by atoms with Gasteiger partial charge in [-0.2, -0.15) is 10.2 Å². The van der Waals surface area contributed by atoms with Crippen LogP contribution in [0.1, 0.15) is 17.2 Å². The van der Waals surface area contributed by atoms with E-state index >= 15 is 0 Å². The molecule has 1 fully saturated rings. The maximum Gasteiger partial charge on any atom is 0.152 e. The zero-order chi connectivity index (χ0) is 16.5. The van der Waals surface area contributed by atoms with Crippen molar-refractivity contribution in [2.24, 2.45) is 13.0 Å². The van der Waals surface area contributed by atoms with Gasteiger partial charge in [0.1, 0.15) is 11.5 Å². The van der Waals surface area contributed by atoms with Crippen LogP contribution in [-0.2, 0) is 13.6 Å². The van der Waals surface area contributed by atoms with E-state index in [4.69, 9.17) is 4.42 Å². The van der Waals surface area contributed by atoms with Gasteiger partial charge < -0.3 is 9.52 Å². The number of aryl methyl sites for hydroxylation is 1. The summed E-state index contributed by atoms with van der Waals surface area (Å²) in [7, 11) is 1.92. The van der Waals surface area contributed by atoms with Gasteiger partial charge in [0.2, 0.25) is 0 Å². The van der Waals surface area contributed by atoms with Gasteiger partial charge in [-0.1, -0.05) is 0 Å². The van der Waals surface area contributed by atoms with Gasteiger partial charge in [-0.15, -0.1) is 0 Å². The highest BCUT2D eigenvalue weighted by atomic mass is 16.3. The number of H-pyrrole nitrogens is 1. The Balaban J connectivity index is 1.46. The zero-order valence-corrected chi connectivity index (χ0v) is 13.6. The van der Waals surface area contributed by atoms with Crippen LogP contribution < -0.4 is 0 Å². The van der Waals surface area contributed by atoms with E-state index in [1.165, 1.54) is 5.56 Å². The van der Waals surface area contributed by atoms with Crippen LogP contribution in [-0.4, -0.2) is 49.7 Å². The van der Waals surface area contributed by atoms with Crippen molar-refractivity contribution in [3.8, 4) is 11.5 Å². The van der Waals surface area contributed by atoms with Gasteiger partial charge in [0.25, 0.3) is 0 Å². The van der Waals surface area contributed by atoms with Crippen LogP contribution in [0, 0.1) is 5.92 Å². The summed E-state index contributed by atoms with van der Waals surface area (Å²) in [5, 5.41) is 20.8. The maximum atomic E-state index is 9.73. The number of likely N-dealkylation sites (tertiary alicyclic amines) is 1. The normalized spacial score (nSPS) is 21.6. The van der Waals surface area contributed by atoms with Crippen molar-refractivity contribution in [3.63, 3.8) is 0 Å². The first kappa shape index (κ1) is 15.2. The van der Waals surface area contributed by atoms with Crippen LogP contribution in [0.25, 0.3) is 11.5 Å². The predicted molar refractivity (Wildman–Crippen MR) is 88.1 cm³/mol. The summed E-state index contributed by atoms with van der Waals surface area (Å²) in [6.07, 6.45) is 5.66. The van der Waals surface area contributed by atoms with E-state index < -0.39 is 0 Å². The van der Waals surface area contributed by atoms with Crippen molar-refractivity contribution >= 4 is 0 Å². The molecule has 7 nitrogen and oxygen atoms in total. The molecule has 3 aromatic heterocycles. The molecule has 0 spiro atoms. The van der Waals surface area contributed by atoms with Gasteiger partial charge in [-0.3, -0.25) is 14.7 Å². The predicted octanol–water partition coefficient (Wildman–Crippen LogP) is 1.61. The van der Waals surface area contributed by atoms with Gasteiger partial charge in [0, 0.05) is 51.0 Å². The lowest BCUT2D eigenvalue weighted by atomic mass is 9.92. The van der Waals surface area contributed by atoms with Crippen LogP contribution in [0.2, 0.25) is 0 Å². The third-order valence-corrected chi connectivity index (χ3v) is 4.71. The molecule has 0 bridgehead atoms. The number of aliphatic hydroxyl groups is 1. The van der Waals surface area contributed by atoms with E-state index in [1.54, 1.807) is 6.20 Å². The first-order valence-corrected chi connectivity index (χ1v) is 8.13. The van der Waals surface area contributed by atoms with E-state index in [9.17, 15) is 5.11 Å². The van der Waals surface area contributed by atoms with Crippen LogP contribution in [0.15, 0.2) is 41.2 Å². The molecule has 2 atom stereocenters. The Morgan fingerprint density at radius 2 is 2.25 bits per heavy atom. The number of nitrogens with zero attached hydrogens (tertiary/aromatic N) is 4. The van der Waals surface area contributed by atoms with E-state index in [1.807, 2.05) is 42.3 Å². The Bertz CT molecular complexity index is 792. The quantitative estimate of drug-likeness (QED) is 0.744. The molecule has 7 heteroatoms. The van der Waals surface area contributed by atoms with Gasteiger partial charge in [-0.05, 0) is 23.8 Å². The highest BCUT2D eigenvalue weighted by Gasteiger charge is 2.34. The maximum absolute atomic E-state index is 9.73. The largest absolute Gasteiger partial charge is 0.458 e. The van der Waals surface area contributed by atoms with E-state index in [2.05, 4.69) is 20.2 Å². The fraction of sp³-hybridized carbons (Fsp3) is 0.412. The molecule has 0 aliphatic carbocycles. The lowest BCUT2D eigenvalue weighted by molar-refractivity contribution is 0.211. The summed E-state index contributed by atoms with van der Waals surface area (Å²) >= 11 is 0. The topological polar surface area (TPSA) is 83.1 Å². The summed E-state index contributed by atoms with van der Waals surface area (Å²) in [5.41, 5.74) is 2.07. The van der Waals surface area contributed by atoms with Gasteiger partial charge >= 0.3 is 0 Å². The number of rotatable bonds is 5. The molecule has 0 radical (unpaired) electrons. The summed E-state index contributed by atoms with van der Waals surface area (Å²) in [5.74, 6) is 2.26. The minimum atomic E-state index is 0.188. The average Bonchev–Trinajstić information content (AvgIpc) is 3.34. The molecular weight excluding hydrogens is 306 g/mol. The second-order valence-corrected chi connectivity index (χ2v) is 6.43. The molecule has 0 aromatic carbocycles. The molecule has 1 aliphatic rings. The minimum absolute atomic E-state index is 0.188. The molecule has 0 saturated carbocycles. The highest BCUT2D eigenvalue weighted by Crippen LogP contribution is 2.33. The molecular formula is C17H21N5O2. The monoisotopic (exact) mass is 327 g/mol. The molecule has 3 aromatic rings. The lowest BCUT2D eigenvalue weighted by Crippen LogP contribution is -2.20. The zero-order valence-electron chi connectivity index (χ0n) is 13.6. The van der Waals surface area contributed by atoms with Crippen molar-refractivity contribution in [1.29, 1.82) is 0 Å². The van der Waals surface area contributed by atoms with Crippen LogP contribution >= 0.6 is 0 Å². The van der Waals surface area contributed by atoms with Crippen LogP contribution in [0.5, 0.6) is 0 Å². The Hall–Kier alpha value is -2.38. The standard InChI is InChI=1S/C17H21N5O2/c1-21-7-12(6-19-21)15-10-22(8-13(15)11-23)9-14-2-3-17(24-14)16-4-5-18-20-16/h2-7,13,15,23H,8-11H2,1H3,(H,18,20)/t13-,15-/m0/s1. The van der Waals surface area contributed by atoms with Crippen molar-refractivity contribution < 1.29 is 9.52 Å². The molecule has 4 rings (SSSR count). The van der Waals surface area contributed by atoms with Crippen LogP contribution in [0.3, 0.4) is 0 Å². The number of aliphatic hydroxyl groups excluding tert-OH is 1. The Morgan fingerprint density at radius 3 is 2.96 bits per heavy atom. The third-order valence-electron chi connectivity index (χ3n) is 4.71. The Kier molecular flexibility index (Phi) is 3.95. The van der Waals surface area contributed by atoms with E-state index in [0.29, 0.717) is 5.92 Å². The lowest BCUT2D eigenvalue weighted by Gasteiger charge is -2.13. The molecule has 1 aliphatic heterocycles. The number of hydrogen-bond acceptors (Lipinski definition) is 5. The van der Waals surface area contributed by atoms with Crippen LogP contribution in [0.4, 0.5) is 0 Å². The second-order valence-electron chi connectivity index (χ2n) is 6.43. The Morgan fingerprint density at radius 1 is 1.33 bits per heavy atom. The summed E-state index contributed by atoms with van der Waals surface area (Å²) in [4.78, 5) is 2.33. The minimum Gasteiger partial charge on any atom is -0.458 e. The first-order chi connectivity index (χ1) is 11.7. The number of hydrogen-bond donors (Lipinski definition) is 2. The molecule has 2 N–H and O–H groups in total. The smallest absolute Gasteiger partial charge is 0.152 e. The molecule has 4 heterocycles. The van der Waals surface area contributed by atoms with Crippen molar-refractivity contribution in [3.05, 3.63) is 48.1 Å². The fourth-order valence-corrected chi connectivity index (χ4v) is 3.51. The molecule has 126 valence electrons. The van der Waals surface area contributed by atoms with Gasteiger partial charge in [-0.25, -0.2) is 0 Å². The summed E-state index contributed by atoms with van der Waals surface area (Å²) in [6.45, 7) is 2.68. The van der Waals surface area contributed by atoms with Crippen molar-refractivity contribution in [2.75, 3.05) is 19.7 Å². The molecule has 1 saturated heterocycles. The second kappa shape index (κ2) is 6.26. The summed E-state index contributed by atoms with van der Waals surface area (Å²) in [6, 6.07) is 5.85. The summed E-state index contributed by atoms with van der Waals surface area (Å²) < 4.78 is 7.73. The third kappa shape index (κ3) is 2.88. The van der Waals surface area contributed by atoms with Gasteiger partial charge in [0.05, 0.1) is 12.7 Å². The molecule has 0 unspecified atom stereocenters. The van der Waals surface area contributed by atoms with E-state index in [0.717, 1.165) is 36.8 Å². The first-order valence-electron chi connectivity index (χ1n) is 8.13. The highest BCUT2D eigenvalue weighted by molar-refractivity contribution is 5.51. The van der Waals surface area contributed by atoms with Crippen molar-refractivity contribution in [1.82, 2.24) is 24.9 Å². The molecule has 0 amide bonds. The number of aromatic nitrogens is 4. The number of nitrogens with one attached hydrogen (secondary N) is 1. The number of furan rings is 1. The van der Waals surface area contributed by atoms with Gasteiger partial charge in [0.15, 0.2) is 5.76 Å². The van der Waals surface area contributed by atoms with E-state index in [-0.39, 0.29) is 12.5 Å². The fourth-order valence-electron chi connectivity index (χ4n) is 3.51. The molecule has 24 heavy (non-hydrogen) atoms. The van der Waals surface area contributed by atoms with Crippen molar-refractivity contribution in [2.45, 2.75) is 12.5 Å².